The van der Waals surface area contributed by atoms with Crippen LogP contribution in [0, 0.1) is 0 Å². The minimum atomic E-state index is -3.61. The second-order valence-electron chi connectivity index (χ2n) is 8.95. The van der Waals surface area contributed by atoms with Crippen LogP contribution in [0.4, 0.5) is 5.69 Å². The van der Waals surface area contributed by atoms with Gasteiger partial charge in [0.1, 0.15) is 11.8 Å². The van der Waals surface area contributed by atoms with Crippen molar-refractivity contribution in [1.82, 2.24) is 10.2 Å². The number of anilines is 1. The van der Waals surface area contributed by atoms with Crippen molar-refractivity contribution in [3.8, 4) is 5.75 Å². The molecule has 0 radical (unpaired) electrons. The summed E-state index contributed by atoms with van der Waals surface area (Å²) in [5.41, 5.74) is 0.987. The average Bonchev–Trinajstić information content (AvgIpc) is 2.82. The SMILES string of the molecule is CC[C@H](C(=O)NC(C)C)N(Cc1c(Cl)cccc1Cl)C(=O)CCCN(c1cccc(OC)c1)S(C)(=O)=O. The summed E-state index contributed by atoms with van der Waals surface area (Å²) in [5, 5.41) is 3.66. The molecule has 0 aliphatic rings. The molecule has 0 bridgehead atoms. The van der Waals surface area contributed by atoms with Crippen LogP contribution in [0.5, 0.6) is 5.75 Å². The van der Waals surface area contributed by atoms with Gasteiger partial charge in [-0.1, -0.05) is 42.3 Å². The topological polar surface area (TPSA) is 96.0 Å². The normalized spacial score (nSPS) is 12.2. The molecule has 0 aliphatic heterocycles. The number of hydrogen-bond acceptors (Lipinski definition) is 5. The van der Waals surface area contributed by atoms with Crippen molar-refractivity contribution in [3.63, 3.8) is 0 Å². The van der Waals surface area contributed by atoms with Gasteiger partial charge in [0, 0.05) is 47.2 Å². The van der Waals surface area contributed by atoms with Crippen molar-refractivity contribution in [2.75, 3.05) is 24.2 Å². The Labute approximate surface area is 229 Å². The molecule has 0 spiro atoms. The fourth-order valence-corrected chi connectivity index (χ4v) is 5.40. The molecular formula is C26H35Cl2N3O5S. The monoisotopic (exact) mass is 571 g/mol. The van der Waals surface area contributed by atoms with E-state index in [9.17, 15) is 18.0 Å². The Hall–Kier alpha value is -2.49. The van der Waals surface area contributed by atoms with Gasteiger partial charge in [-0.05, 0) is 51.0 Å². The number of carbonyl (C=O) groups is 2. The zero-order valence-corrected chi connectivity index (χ0v) is 24.2. The van der Waals surface area contributed by atoms with Crippen molar-refractivity contribution >= 4 is 50.7 Å². The Bertz CT molecular complexity index is 1170. The summed E-state index contributed by atoms with van der Waals surface area (Å²) < 4.78 is 31.5. The molecule has 0 fully saturated rings. The molecule has 2 aromatic carbocycles. The summed E-state index contributed by atoms with van der Waals surface area (Å²) in [5.74, 6) is -0.0593. The standard InChI is InChI=1S/C26H35Cl2N3O5S/c1-6-24(26(33)29-18(2)3)30(17-21-22(27)12-8-13-23(21)28)25(32)14-9-15-31(37(5,34)35)19-10-7-11-20(16-19)36-4/h7-8,10-13,16,18,24H,6,9,14-15,17H2,1-5H3,(H,29,33)/t24-/m1/s1. The Morgan fingerprint density at radius 3 is 2.24 bits per heavy atom. The number of sulfonamides is 1. The van der Waals surface area contributed by atoms with Crippen LogP contribution in [-0.4, -0.2) is 57.1 Å². The average molecular weight is 573 g/mol. The van der Waals surface area contributed by atoms with Gasteiger partial charge in [0.25, 0.3) is 0 Å². The molecule has 37 heavy (non-hydrogen) atoms. The van der Waals surface area contributed by atoms with Crippen molar-refractivity contribution in [3.05, 3.63) is 58.1 Å². The number of methoxy groups -OCH3 is 1. The predicted octanol–water partition coefficient (Wildman–Crippen LogP) is 4.88. The second-order valence-corrected chi connectivity index (χ2v) is 11.7. The van der Waals surface area contributed by atoms with E-state index in [-0.39, 0.29) is 43.8 Å². The molecule has 2 rings (SSSR count). The van der Waals surface area contributed by atoms with Crippen LogP contribution in [-0.2, 0) is 26.2 Å². The third kappa shape index (κ3) is 8.79. The van der Waals surface area contributed by atoms with Gasteiger partial charge in [-0.2, -0.15) is 0 Å². The summed E-state index contributed by atoms with van der Waals surface area (Å²) in [7, 11) is -2.11. The number of amides is 2. The number of hydrogen-bond donors (Lipinski definition) is 1. The molecule has 2 amide bonds. The van der Waals surface area contributed by atoms with Gasteiger partial charge in [0.2, 0.25) is 21.8 Å². The molecule has 8 nitrogen and oxygen atoms in total. The third-order valence-corrected chi connectivity index (χ3v) is 7.60. The van der Waals surface area contributed by atoms with Crippen LogP contribution in [0.1, 0.15) is 45.6 Å². The lowest BCUT2D eigenvalue weighted by Gasteiger charge is -2.32. The summed E-state index contributed by atoms with van der Waals surface area (Å²) in [6, 6.07) is 10.9. The third-order valence-electron chi connectivity index (χ3n) is 5.70. The number of ether oxygens (including phenoxy) is 1. The van der Waals surface area contributed by atoms with Gasteiger partial charge in [-0.15, -0.1) is 0 Å². The first-order chi connectivity index (χ1) is 17.4. The van der Waals surface area contributed by atoms with Crippen molar-refractivity contribution in [2.24, 2.45) is 0 Å². The first kappa shape index (κ1) is 30.7. The van der Waals surface area contributed by atoms with Gasteiger partial charge < -0.3 is 15.0 Å². The Morgan fingerprint density at radius 2 is 1.70 bits per heavy atom. The van der Waals surface area contributed by atoms with Gasteiger partial charge in [-0.25, -0.2) is 8.42 Å². The van der Waals surface area contributed by atoms with E-state index in [1.807, 2.05) is 20.8 Å². The zero-order valence-electron chi connectivity index (χ0n) is 21.8. The largest absolute Gasteiger partial charge is 0.497 e. The molecule has 0 aromatic heterocycles. The molecule has 0 unspecified atom stereocenters. The zero-order chi connectivity index (χ0) is 27.8. The Kier molecular flexibility index (Phi) is 11.5. The number of nitrogens with one attached hydrogen (secondary N) is 1. The summed E-state index contributed by atoms with van der Waals surface area (Å²) in [4.78, 5) is 28.0. The summed E-state index contributed by atoms with van der Waals surface area (Å²) in [6.07, 6.45) is 1.75. The van der Waals surface area contributed by atoms with Crippen molar-refractivity contribution in [1.29, 1.82) is 0 Å². The van der Waals surface area contributed by atoms with Gasteiger partial charge in [-0.3, -0.25) is 13.9 Å². The van der Waals surface area contributed by atoms with Crippen LogP contribution < -0.4 is 14.4 Å². The lowest BCUT2D eigenvalue weighted by molar-refractivity contribution is -0.141. The molecule has 2 aromatic rings. The molecule has 0 saturated carbocycles. The number of nitrogens with zero attached hydrogens (tertiary/aromatic N) is 2. The van der Waals surface area contributed by atoms with E-state index in [4.69, 9.17) is 27.9 Å². The second kappa shape index (κ2) is 13.9. The fraction of sp³-hybridized carbons (Fsp3) is 0.462. The molecule has 204 valence electrons. The highest BCUT2D eigenvalue weighted by Crippen LogP contribution is 2.28. The van der Waals surface area contributed by atoms with E-state index in [0.29, 0.717) is 33.5 Å². The predicted molar refractivity (Wildman–Crippen MR) is 149 cm³/mol. The lowest BCUT2D eigenvalue weighted by atomic mass is 10.1. The van der Waals surface area contributed by atoms with E-state index >= 15 is 0 Å². The van der Waals surface area contributed by atoms with E-state index in [1.54, 1.807) is 42.5 Å². The van der Waals surface area contributed by atoms with Crippen LogP contribution in [0.3, 0.4) is 0 Å². The van der Waals surface area contributed by atoms with E-state index < -0.39 is 16.1 Å². The van der Waals surface area contributed by atoms with Gasteiger partial charge >= 0.3 is 0 Å². The number of halogens is 2. The molecule has 0 heterocycles. The summed E-state index contributed by atoms with van der Waals surface area (Å²) >= 11 is 12.7. The van der Waals surface area contributed by atoms with Gasteiger partial charge in [0.15, 0.2) is 0 Å². The van der Waals surface area contributed by atoms with Gasteiger partial charge in [0.05, 0.1) is 19.1 Å². The van der Waals surface area contributed by atoms with E-state index in [0.717, 1.165) is 6.26 Å². The molecule has 1 N–H and O–H groups in total. The highest BCUT2D eigenvalue weighted by atomic mass is 35.5. The number of carbonyl (C=O) groups excluding carboxylic acids is 2. The molecule has 11 heteroatoms. The fourth-order valence-electron chi connectivity index (χ4n) is 3.92. The van der Waals surface area contributed by atoms with Crippen LogP contribution in [0.2, 0.25) is 10.0 Å². The smallest absolute Gasteiger partial charge is 0.243 e. The maximum atomic E-state index is 13.5. The minimum Gasteiger partial charge on any atom is -0.497 e. The summed E-state index contributed by atoms with van der Waals surface area (Å²) in [6.45, 7) is 5.65. The first-order valence-corrected chi connectivity index (χ1v) is 14.6. The first-order valence-electron chi connectivity index (χ1n) is 12.0. The quantitative estimate of drug-likeness (QED) is 0.369. The van der Waals surface area contributed by atoms with E-state index in [2.05, 4.69) is 5.32 Å². The van der Waals surface area contributed by atoms with Crippen molar-refractivity contribution < 1.29 is 22.7 Å². The van der Waals surface area contributed by atoms with Crippen LogP contribution in [0.25, 0.3) is 0 Å². The molecule has 1 atom stereocenters. The number of benzene rings is 2. The van der Waals surface area contributed by atoms with Crippen molar-refractivity contribution in [2.45, 2.75) is 58.7 Å². The van der Waals surface area contributed by atoms with Crippen LogP contribution in [0.15, 0.2) is 42.5 Å². The molecule has 0 aliphatic carbocycles. The highest BCUT2D eigenvalue weighted by molar-refractivity contribution is 7.92. The maximum Gasteiger partial charge on any atom is 0.243 e. The van der Waals surface area contributed by atoms with Crippen LogP contribution >= 0.6 is 23.2 Å². The molecular weight excluding hydrogens is 537 g/mol. The number of rotatable bonds is 13. The minimum absolute atomic E-state index is 0.0174. The lowest BCUT2D eigenvalue weighted by Crippen LogP contribution is -2.50. The molecule has 0 saturated heterocycles. The Morgan fingerprint density at radius 1 is 1.08 bits per heavy atom. The highest BCUT2D eigenvalue weighted by Gasteiger charge is 2.30. The maximum absolute atomic E-state index is 13.5. The Balaban J connectivity index is 2.28. The van der Waals surface area contributed by atoms with E-state index in [1.165, 1.54) is 16.3 Å².